The van der Waals surface area contributed by atoms with E-state index in [-0.39, 0.29) is 0 Å². The molecule has 29 heavy (non-hydrogen) atoms. The molecule has 2 N–H and O–H groups in total. The Kier molecular flexibility index (Phi) is 8.77. The second-order valence-corrected chi connectivity index (χ2v) is 8.39. The van der Waals surface area contributed by atoms with Crippen LogP contribution in [0, 0.1) is 5.92 Å². The fraction of sp³-hybridized carbons (Fsp3) is 0.545. The van der Waals surface area contributed by atoms with Crippen molar-refractivity contribution in [1.82, 2.24) is 15.6 Å². The van der Waals surface area contributed by atoms with Gasteiger partial charge in [-0.2, -0.15) is 0 Å². The van der Waals surface area contributed by atoms with Gasteiger partial charge < -0.3 is 20.3 Å². The van der Waals surface area contributed by atoms with Crippen LogP contribution in [0.25, 0.3) is 0 Å². The summed E-state index contributed by atoms with van der Waals surface area (Å²) in [7, 11) is 1.81. The number of thiazole rings is 1. The van der Waals surface area contributed by atoms with Gasteiger partial charge in [-0.05, 0) is 24.3 Å². The molecule has 0 aliphatic carbocycles. The minimum atomic E-state index is 0.402. The third-order valence-corrected chi connectivity index (χ3v) is 5.90. The van der Waals surface area contributed by atoms with Gasteiger partial charge in [-0.15, -0.1) is 11.3 Å². The molecule has 1 unspecified atom stereocenters. The number of rotatable bonds is 10. The Hall–Kier alpha value is -2.12. The topological polar surface area (TPSA) is 61.8 Å². The van der Waals surface area contributed by atoms with Crippen molar-refractivity contribution in [2.24, 2.45) is 10.9 Å². The molecule has 3 rings (SSSR count). The molecule has 1 fully saturated rings. The lowest BCUT2D eigenvalue weighted by Crippen LogP contribution is -2.40. The normalized spacial score (nSPS) is 15.5. The van der Waals surface area contributed by atoms with Crippen LogP contribution >= 0.6 is 11.3 Å². The van der Waals surface area contributed by atoms with Crippen LogP contribution in [-0.2, 0) is 17.8 Å². The summed E-state index contributed by atoms with van der Waals surface area (Å²) in [5, 5.41) is 10.1. The van der Waals surface area contributed by atoms with Gasteiger partial charge in [-0.25, -0.2) is 4.98 Å². The molecule has 1 atom stereocenters. The Bertz CT molecular complexity index is 743. The molecule has 0 radical (unpaired) electrons. The van der Waals surface area contributed by atoms with Gasteiger partial charge in [0.15, 0.2) is 11.1 Å². The third-order valence-electron chi connectivity index (χ3n) is 4.95. The average Bonchev–Trinajstić information content (AvgIpc) is 3.43. The summed E-state index contributed by atoms with van der Waals surface area (Å²) in [6.45, 7) is 7.50. The molecule has 1 aromatic heterocycles. The van der Waals surface area contributed by atoms with Crippen LogP contribution in [0.4, 0.5) is 5.13 Å². The van der Waals surface area contributed by atoms with E-state index in [1.165, 1.54) is 23.5 Å². The quantitative estimate of drug-likeness (QED) is 0.461. The van der Waals surface area contributed by atoms with Crippen molar-refractivity contribution in [3.8, 4) is 0 Å². The minimum absolute atomic E-state index is 0.402. The summed E-state index contributed by atoms with van der Waals surface area (Å²) in [5.74, 6) is 1.23. The van der Waals surface area contributed by atoms with E-state index < -0.39 is 0 Å². The number of hydrogen-bond acceptors (Lipinski definition) is 5. The molecule has 0 bridgehead atoms. The van der Waals surface area contributed by atoms with Crippen LogP contribution in [0.3, 0.4) is 0 Å². The van der Waals surface area contributed by atoms with Crippen LogP contribution in [-0.4, -0.2) is 50.8 Å². The SMILES string of the molecule is CN=C(NCCc1csc(N2CCCC2)n1)NCC(C)COCc1ccccc1. The van der Waals surface area contributed by atoms with E-state index in [9.17, 15) is 0 Å². The molecule has 158 valence electrons. The number of nitrogens with one attached hydrogen (secondary N) is 2. The second kappa shape index (κ2) is 11.8. The largest absolute Gasteiger partial charge is 0.376 e. The van der Waals surface area contributed by atoms with Crippen molar-refractivity contribution in [2.75, 3.05) is 44.7 Å². The van der Waals surface area contributed by atoms with Gasteiger partial charge in [0.1, 0.15) is 0 Å². The summed E-state index contributed by atoms with van der Waals surface area (Å²) >= 11 is 1.76. The Morgan fingerprint density at radius 2 is 2.03 bits per heavy atom. The number of benzene rings is 1. The lowest BCUT2D eigenvalue weighted by Gasteiger charge is -2.16. The number of nitrogens with zero attached hydrogens (tertiary/aromatic N) is 3. The molecule has 0 spiro atoms. The maximum atomic E-state index is 5.82. The van der Waals surface area contributed by atoms with Crippen LogP contribution in [0.5, 0.6) is 0 Å². The number of anilines is 1. The van der Waals surface area contributed by atoms with Gasteiger partial charge in [0, 0.05) is 45.0 Å². The van der Waals surface area contributed by atoms with Crippen molar-refractivity contribution in [2.45, 2.75) is 32.8 Å². The second-order valence-electron chi connectivity index (χ2n) is 7.55. The van der Waals surface area contributed by atoms with Crippen molar-refractivity contribution >= 4 is 22.4 Å². The standard InChI is InChI=1S/C22H33N5OS/c1-18(15-28-16-19-8-4-3-5-9-19)14-25-21(23-2)24-11-10-20-17-29-22(26-20)27-12-6-7-13-27/h3-5,8-9,17-18H,6-7,10-16H2,1-2H3,(H2,23,24,25). The third kappa shape index (κ3) is 7.33. The van der Waals surface area contributed by atoms with Crippen LogP contribution in [0.15, 0.2) is 40.7 Å². The van der Waals surface area contributed by atoms with E-state index in [0.29, 0.717) is 12.5 Å². The molecule has 0 amide bonds. The summed E-state index contributed by atoms with van der Waals surface area (Å²) in [6.07, 6.45) is 3.48. The van der Waals surface area contributed by atoms with Crippen molar-refractivity contribution < 1.29 is 4.74 Å². The Balaban J connectivity index is 1.30. The molecule has 0 saturated carbocycles. The lowest BCUT2D eigenvalue weighted by atomic mass is 10.2. The van der Waals surface area contributed by atoms with E-state index >= 15 is 0 Å². The fourth-order valence-electron chi connectivity index (χ4n) is 3.28. The number of aliphatic imine (C=N–C) groups is 1. The number of guanidine groups is 1. The number of ether oxygens (including phenoxy) is 1. The molecule has 2 heterocycles. The molecule has 1 aliphatic rings. The highest BCUT2D eigenvalue weighted by Gasteiger charge is 2.15. The first-order valence-electron chi connectivity index (χ1n) is 10.5. The number of aromatic nitrogens is 1. The monoisotopic (exact) mass is 415 g/mol. The summed E-state index contributed by atoms with van der Waals surface area (Å²) in [4.78, 5) is 11.5. The average molecular weight is 416 g/mol. The molecule has 1 aromatic carbocycles. The van der Waals surface area contributed by atoms with Gasteiger partial charge >= 0.3 is 0 Å². The fourth-order valence-corrected chi connectivity index (χ4v) is 4.19. The van der Waals surface area contributed by atoms with Crippen molar-refractivity contribution in [1.29, 1.82) is 0 Å². The highest BCUT2D eigenvalue weighted by molar-refractivity contribution is 7.13. The highest BCUT2D eigenvalue weighted by Crippen LogP contribution is 2.24. The van der Waals surface area contributed by atoms with E-state index in [2.05, 4.69) is 45.0 Å². The zero-order chi connectivity index (χ0) is 20.3. The van der Waals surface area contributed by atoms with Gasteiger partial charge in [-0.3, -0.25) is 4.99 Å². The zero-order valence-electron chi connectivity index (χ0n) is 17.6. The van der Waals surface area contributed by atoms with Crippen LogP contribution in [0.2, 0.25) is 0 Å². The Morgan fingerprint density at radius 3 is 2.79 bits per heavy atom. The Labute approximate surface area is 178 Å². The Morgan fingerprint density at radius 1 is 1.24 bits per heavy atom. The molecule has 2 aromatic rings. The predicted octanol–water partition coefficient (Wildman–Crippen LogP) is 3.30. The zero-order valence-corrected chi connectivity index (χ0v) is 18.4. The first kappa shape index (κ1) is 21.6. The van der Waals surface area contributed by atoms with Gasteiger partial charge in [0.05, 0.1) is 18.9 Å². The van der Waals surface area contributed by atoms with Crippen LogP contribution < -0.4 is 15.5 Å². The van der Waals surface area contributed by atoms with E-state index in [1.807, 2.05) is 18.2 Å². The van der Waals surface area contributed by atoms with Crippen LogP contribution in [0.1, 0.15) is 31.0 Å². The molecule has 1 aliphatic heterocycles. The lowest BCUT2D eigenvalue weighted by molar-refractivity contribution is 0.0931. The van der Waals surface area contributed by atoms with E-state index in [1.54, 1.807) is 18.4 Å². The van der Waals surface area contributed by atoms with Gasteiger partial charge in [-0.1, -0.05) is 37.3 Å². The maximum absolute atomic E-state index is 5.82. The van der Waals surface area contributed by atoms with E-state index in [4.69, 9.17) is 9.72 Å². The van der Waals surface area contributed by atoms with Gasteiger partial charge in [0.2, 0.25) is 0 Å². The number of hydrogen-bond donors (Lipinski definition) is 2. The van der Waals surface area contributed by atoms with Gasteiger partial charge in [0.25, 0.3) is 0 Å². The smallest absolute Gasteiger partial charge is 0.190 e. The molecular formula is C22H33N5OS. The predicted molar refractivity (Wildman–Crippen MR) is 122 cm³/mol. The summed E-state index contributed by atoms with van der Waals surface area (Å²) < 4.78 is 5.82. The van der Waals surface area contributed by atoms with Crippen molar-refractivity contribution in [3.05, 3.63) is 47.0 Å². The highest BCUT2D eigenvalue weighted by atomic mass is 32.1. The molecule has 6 nitrogen and oxygen atoms in total. The minimum Gasteiger partial charge on any atom is -0.376 e. The van der Waals surface area contributed by atoms with E-state index in [0.717, 1.165) is 50.9 Å². The summed E-state index contributed by atoms with van der Waals surface area (Å²) in [6, 6.07) is 10.3. The maximum Gasteiger partial charge on any atom is 0.190 e. The van der Waals surface area contributed by atoms with Crippen molar-refractivity contribution in [3.63, 3.8) is 0 Å². The first-order valence-corrected chi connectivity index (χ1v) is 11.4. The first-order chi connectivity index (χ1) is 14.2. The molecule has 7 heteroatoms. The summed E-state index contributed by atoms with van der Waals surface area (Å²) in [5.41, 5.74) is 2.36. The molecular weight excluding hydrogens is 382 g/mol. The molecule has 1 saturated heterocycles.